The Hall–Kier alpha value is -2.70. The SMILES string of the molecule is Cc1ccccc1C(C)(C)C(=O)Nc1ccc(-c2n[nH]c(CN)n2)cc1.Cl. The number of aryl methyl sites for hydroxylation is 1. The maximum Gasteiger partial charge on any atom is 0.234 e. The zero-order valence-electron chi connectivity index (χ0n) is 15.6. The van der Waals surface area contributed by atoms with Crippen LogP contribution in [0.15, 0.2) is 48.5 Å². The minimum atomic E-state index is -0.635. The van der Waals surface area contributed by atoms with Crippen LogP contribution in [0.5, 0.6) is 0 Å². The molecule has 0 fully saturated rings. The quantitative estimate of drug-likeness (QED) is 0.625. The zero-order chi connectivity index (χ0) is 18.7. The van der Waals surface area contributed by atoms with Gasteiger partial charge in [0.1, 0.15) is 5.82 Å². The first-order valence-electron chi connectivity index (χ1n) is 8.51. The summed E-state index contributed by atoms with van der Waals surface area (Å²) in [4.78, 5) is 17.1. The van der Waals surface area contributed by atoms with E-state index in [9.17, 15) is 4.79 Å². The standard InChI is InChI=1S/C20H23N5O.ClH/c1-13-6-4-5-7-16(13)20(2,3)19(26)22-15-10-8-14(9-11-15)18-23-17(12-21)24-25-18;/h4-11H,12,21H2,1-3H3,(H,22,26)(H,23,24,25);1H. The average molecular weight is 386 g/mol. The summed E-state index contributed by atoms with van der Waals surface area (Å²) in [5.41, 5.74) is 8.61. The molecule has 0 atom stereocenters. The summed E-state index contributed by atoms with van der Waals surface area (Å²) in [6.07, 6.45) is 0. The number of halogens is 1. The minimum absolute atomic E-state index is 0. The normalized spacial score (nSPS) is 11.0. The van der Waals surface area contributed by atoms with Gasteiger partial charge in [0.2, 0.25) is 5.91 Å². The largest absolute Gasteiger partial charge is 0.325 e. The zero-order valence-corrected chi connectivity index (χ0v) is 16.4. The van der Waals surface area contributed by atoms with E-state index in [0.29, 0.717) is 18.2 Å². The van der Waals surface area contributed by atoms with Crippen LogP contribution in [-0.2, 0) is 16.8 Å². The minimum Gasteiger partial charge on any atom is -0.325 e. The maximum atomic E-state index is 12.8. The number of benzene rings is 2. The van der Waals surface area contributed by atoms with Crippen molar-refractivity contribution in [3.05, 3.63) is 65.5 Å². The average Bonchev–Trinajstić information content (AvgIpc) is 3.11. The topological polar surface area (TPSA) is 96.7 Å². The lowest BCUT2D eigenvalue weighted by molar-refractivity contribution is -0.120. The number of nitrogens with two attached hydrogens (primary N) is 1. The molecular formula is C20H24ClN5O. The molecule has 0 aliphatic carbocycles. The molecule has 0 saturated carbocycles. The molecule has 0 radical (unpaired) electrons. The van der Waals surface area contributed by atoms with Crippen molar-refractivity contribution >= 4 is 24.0 Å². The van der Waals surface area contributed by atoms with Crippen molar-refractivity contribution in [3.8, 4) is 11.4 Å². The third-order valence-corrected chi connectivity index (χ3v) is 4.51. The third kappa shape index (κ3) is 4.35. The molecule has 6 nitrogen and oxygen atoms in total. The lowest BCUT2D eigenvalue weighted by Gasteiger charge is -2.26. The third-order valence-electron chi connectivity index (χ3n) is 4.51. The van der Waals surface area contributed by atoms with Gasteiger partial charge in [-0.15, -0.1) is 12.4 Å². The van der Waals surface area contributed by atoms with E-state index in [1.165, 1.54) is 0 Å². The molecule has 3 rings (SSSR count). The molecule has 2 aromatic carbocycles. The number of hydrogen-bond donors (Lipinski definition) is 3. The van der Waals surface area contributed by atoms with Crippen LogP contribution < -0.4 is 11.1 Å². The Morgan fingerprint density at radius 2 is 1.81 bits per heavy atom. The van der Waals surface area contributed by atoms with Gasteiger partial charge in [-0.2, -0.15) is 5.10 Å². The van der Waals surface area contributed by atoms with Gasteiger partial charge < -0.3 is 11.1 Å². The van der Waals surface area contributed by atoms with Crippen LogP contribution in [0.3, 0.4) is 0 Å². The fourth-order valence-corrected chi connectivity index (χ4v) is 2.90. The molecule has 0 aliphatic rings. The molecule has 1 aromatic heterocycles. The van der Waals surface area contributed by atoms with Crippen LogP contribution in [0, 0.1) is 6.92 Å². The second kappa shape index (κ2) is 8.33. The van der Waals surface area contributed by atoms with Crippen molar-refractivity contribution in [2.75, 3.05) is 5.32 Å². The number of anilines is 1. The van der Waals surface area contributed by atoms with E-state index in [4.69, 9.17) is 5.73 Å². The van der Waals surface area contributed by atoms with Gasteiger partial charge in [-0.3, -0.25) is 9.89 Å². The number of hydrogen-bond acceptors (Lipinski definition) is 4. The molecular weight excluding hydrogens is 362 g/mol. The van der Waals surface area contributed by atoms with Gasteiger partial charge in [0.05, 0.1) is 12.0 Å². The Labute approximate surface area is 165 Å². The van der Waals surface area contributed by atoms with E-state index in [-0.39, 0.29) is 18.3 Å². The number of nitrogens with one attached hydrogen (secondary N) is 2. The fraction of sp³-hybridized carbons (Fsp3) is 0.250. The predicted molar refractivity (Wildman–Crippen MR) is 110 cm³/mol. The molecule has 1 heterocycles. The Kier molecular flexibility index (Phi) is 6.36. The Balaban J connectivity index is 0.00000261. The van der Waals surface area contributed by atoms with E-state index in [0.717, 1.165) is 22.4 Å². The van der Waals surface area contributed by atoms with Crippen LogP contribution >= 0.6 is 12.4 Å². The maximum absolute atomic E-state index is 12.8. The summed E-state index contributed by atoms with van der Waals surface area (Å²) in [7, 11) is 0. The second-order valence-corrected chi connectivity index (χ2v) is 6.78. The van der Waals surface area contributed by atoms with Crippen molar-refractivity contribution in [3.63, 3.8) is 0 Å². The lowest BCUT2D eigenvalue weighted by Crippen LogP contribution is -2.35. The highest BCUT2D eigenvalue weighted by molar-refractivity contribution is 5.98. The van der Waals surface area contributed by atoms with Crippen molar-refractivity contribution in [2.24, 2.45) is 5.73 Å². The summed E-state index contributed by atoms with van der Waals surface area (Å²) in [6, 6.07) is 15.4. The van der Waals surface area contributed by atoms with Gasteiger partial charge in [0.15, 0.2) is 5.82 Å². The highest BCUT2D eigenvalue weighted by atomic mass is 35.5. The van der Waals surface area contributed by atoms with Crippen molar-refractivity contribution in [2.45, 2.75) is 32.7 Å². The first kappa shape index (κ1) is 20.6. The summed E-state index contributed by atoms with van der Waals surface area (Å²) >= 11 is 0. The number of aromatic amines is 1. The second-order valence-electron chi connectivity index (χ2n) is 6.78. The van der Waals surface area contributed by atoms with Crippen LogP contribution in [0.4, 0.5) is 5.69 Å². The van der Waals surface area contributed by atoms with Gasteiger partial charge in [0.25, 0.3) is 0 Å². The van der Waals surface area contributed by atoms with Gasteiger partial charge in [-0.1, -0.05) is 24.3 Å². The van der Waals surface area contributed by atoms with E-state index < -0.39 is 5.41 Å². The molecule has 0 unspecified atom stereocenters. The summed E-state index contributed by atoms with van der Waals surface area (Å²) in [5, 5.41) is 9.92. The summed E-state index contributed by atoms with van der Waals surface area (Å²) in [6.45, 7) is 6.20. The van der Waals surface area contributed by atoms with Crippen LogP contribution in [-0.4, -0.2) is 21.1 Å². The van der Waals surface area contributed by atoms with E-state index >= 15 is 0 Å². The first-order chi connectivity index (χ1) is 12.4. The molecule has 0 bridgehead atoms. The number of nitrogens with zero attached hydrogens (tertiary/aromatic N) is 2. The number of rotatable bonds is 5. The lowest BCUT2D eigenvalue weighted by atomic mass is 9.81. The van der Waals surface area contributed by atoms with E-state index in [1.807, 2.05) is 69.3 Å². The summed E-state index contributed by atoms with van der Waals surface area (Å²) < 4.78 is 0. The monoisotopic (exact) mass is 385 g/mol. The number of amides is 1. The Bertz CT molecular complexity index is 918. The molecule has 3 aromatic rings. The molecule has 0 aliphatic heterocycles. The van der Waals surface area contributed by atoms with Crippen molar-refractivity contribution < 1.29 is 4.79 Å². The Morgan fingerprint density at radius 1 is 1.15 bits per heavy atom. The van der Waals surface area contributed by atoms with Gasteiger partial charge >= 0.3 is 0 Å². The number of H-pyrrole nitrogens is 1. The predicted octanol–water partition coefficient (Wildman–Crippen LogP) is 3.58. The highest BCUT2D eigenvalue weighted by Gasteiger charge is 2.31. The van der Waals surface area contributed by atoms with Crippen LogP contribution in [0.25, 0.3) is 11.4 Å². The molecule has 27 heavy (non-hydrogen) atoms. The molecule has 142 valence electrons. The van der Waals surface area contributed by atoms with Gasteiger partial charge in [-0.25, -0.2) is 4.98 Å². The fourth-order valence-electron chi connectivity index (χ4n) is 2.90. The van der Waals surface area contributed by atoms with Crippen LogP contribution in [0.2, 0.25) is 0 Å². The molecule has 4 N–H and O–H groups in total. The van der Waals surface area contributed by atoms with Crippen molar-refractivity contribution in [1.82, 2.24) is 15.2 Å². The molecule has 1 amide bonds. The van der Waals surface area contributed by atoms with Crippen molar-refractivity contribution in [1.29, 1.82) is 0 Å². The first-order valence-corrected chi connectivity index (χ1v) is 8.51. The highest BCUT2D eigenvalue weighted by Crippen LogP contribution is 2.28. The van der Waals surface area contributed by atoms with E-state index in [1.54, 1.807) is 0 Å². The molecule has 0 saturated heterocycles. The van der Waals surface area contributed by atoms with Gasteiger partial charge in [0, 0.05) is 11.3 Å². The van der Waals surface area contributed by atoms with Crippen LogP contribution in [0.1, 0.15) is 30.8 Å². The van der Waals surface area contributed by atoms with E-state index in [2.05, 4.69) is 20.5 Å². The number of aromatic nitrogens is 3. The summed E-state index contributed by atoms with van der Waals surface area (Å²) in [5.74, 6) is 1.17. The number of carbonyl (C=O) groups excluding carboxylic acids is 1. The smallest absolute Gasteiger partial charge is 0.234 e. The Morgan fingerprint density at radius 3 is 2.41 bits per heavy atom. The molecule has 7 heteroatoms. The number of carbonyl (C=O) groups is 1. The van der Waals surface area contributed by atoms with Gasteiger partial charge in [-0.05, 0) is 56.2 Å². The molecule has 0 spiro atoms.